The van der Waals surface area contributed by atoms with Crippen LogP contribution in [0.25, 0.3) is 10.1 Å². The first-order chi connectivity index (χ1) is 8.38. The van der Waals surface area contributed by atoms with Gasteiger partial charge in [0.05, 0.1) is 0 Å². The second-order valence-corrected chi connectivity index (χ2v) is 5.81. The molecule has 0 unspecified atom stereocenters. The Morgan fingerprint density at radius 2 is 2.12 bits per heavy atom. The summed E-state index contributed by atoms with van der Waals surface area (Å²) in [5.41, 5.74) is 3.05. The minimum absolute atomic E-state index is 0.775. The van der Waals surface area contributed by atoms with Gasteiger partial charge >= 0.3 is 0 Å². The highest BCUT2D eigenvalue weighted by Gasteiger charge is 2.18. The third-order valence-electron chi connectivity index (χ3n) is 3.86. The molecule has 2 heteroatoms. The topological polar surface area (TPSA) is 12.0 Å². The van der Waals surface area contributed by atoms with Crippen LogP contribution in [-0.2, 0) is 6.42 Å². The first-order valence-electron chi connectivity index (χ1n) is 6.59. The van der Waals surface area contributed by atoms with E-state index in [2.05, 4.69) is 35.8 Å². The number of thiophene rings is 1. The molecule has 1 aromatic heterocycles. The van der Waals surface area contributed by atoms with Gasteiger partial charge in [-0.05, 0) is 66.2 Å². The van der Waals surface area contributed by atoms with Crippen LogP contribution < -0.4 is 5.32 Å². The van der Waals surface area contributed by atoms with Crippen LogP contribution in [0.15, 0.2) is 23.6 Å². The number of rotatable bonds is 2. The summed E-state index contributed by atoms with van der Waals surface area (Å²) in [7, 11) is 0. The second kappa shape index (κ2) is 4.79. The highest BCUT2D eigenvalue weighted by Crippen LogP contribution is 2.35. The smallest absolute Gasteiger partial charge is 0.0348 e. The maximum absolute atomic E-state index is 3.45. The van der Waals surface area contributed by atoms with Crippen LogP contribution in [0.3, 0.4) is 0 Å². The molecule has 1 aromatic carbocycles. The van der Waals surface area contributed by atoms with Crippen molar-refractivity contribution in [1.29, 1.82) is 0 Å². The Bertz CT molecular complexity index is 509. The molecule has 0 spiro atoms. The molecular formula is C15H19NS. The summed E-state index contributed by atoms with van der Waals surface area (Å²) in [6.07, 6.45) is 3.72. The van der Waals surface area contributed by atoms with Crippen molar-refractivity contribution in [2.45, 2.75) is 32.1 Å². The Morgan fingerprint density at radius 3 is 2.88 bits per heavy atom. The van der Waals surface area contributed by atoms with E-state index in [4.69, 9.17) is 0 Å². The summed E-state index contributed by atoms with van der Waals surface area (Å²) >= 11 is 1.92. The molecule has 17 heavy (non-hydrogen) atoms. The van der Waals surface area contributed by atoms with Crippen molar-refractivity contribution in [3.63, 3.8) is 0 Å². The minimum atomic E-state index is 0.775. The Kier molecular flexibility index (Phi) is 3.17. The molecule has 1 N–H and O–H groups in total. The van der Waals surface area contributed by atoms with Gasteiger partial charge in [-0.2, -0.15) is 0 Å². The third kappa shape index (κ3) is 2.12. The minimum Gasteiger partial charge on any atom is -0.317 e. The molecule has 2 aromatic rings. The van der Waals surface area contributed by atoms with Crippen molar-refractivity contribution < 1.29 is 0 Å². The quantitative estimate of drug-likeness (QED) is 0.845. The Labute approximate surface area is 107 Å². The first-order valence-corrected chi connectivity index (χ1v) is 7.47. The molecule has 0 bridgehead atoms. The average molecular weight is 245 g/mol. The fraction of sp³-hybridized carbons (Fsp3) is 0.467. The summed E-state index contributed by atoms with van der Waals surface area (Å²) in [6.45, 7) is 4.58. The maximum Gasteiger partial charge on any atom is 0.0348 e. The van der Waals surface area contributed by atoms with E-state index in [0.717, 1.165) is 12.3 Å². The molecule has 0 amide bonds. The van der Waals surface area contributed by atoms with E-state index in [1.807, 2.05) is 11.3 Å². The molecule has 1 aliphatic rings. The summed E-state index contributed by atoms with van der Waals surface area (Å²) < 4.78 is 1.47. The van der Waals surface area contributed by atoms with Gasteiger partial charge in [-0.1, -0.05) is 19.1 Å². The summed E-state index contributed by atoms with van der Waals surface area (Å²) in [6, 6.07) is 6.99. The molecular weight excluding hydrogens is 226 g/mol. The molecule has 1 fully saturated rings. The SMILES string of the molecule is CCc1ccc2c(C3CCNCC3)csc2c1. The maximum atomic E-state index is 3.45. The first kappa shape index (κ1) is 11.2. The predicted molar refractivity (Wildman–Crippen MR) is 76.0 cm³/mol. The fourth-order valence-corrected chi connectivity index (χ4v) is 3.87. The Balaban J connectivity index is 1.99. The normalized spacial score (nSPS) is 17.7. The summed E-state index contributed by atoms with van der Waals surface area (Å²) in [5.74, 6) is 0.775. The number of hydrogen-bond acceptors (Lipinski definition) is 2. The van der Waals surface area contributed by atoms with Crippen molar-refractivity contribution in [1.82, 2.24) is 5.32 Å². The highest BCUT2D eigenvalue weighted by atomic mass is 32.1. The monoisotopic (exact) mass is 245 g/mol. The van der Waals surface area contributed by atoms with Crippen LogP contribution in [0, 0.1) is 0 Å². The number of piperidine rings is 1. The largest absolute Gasteiger partial charge is 0.317 e. The van der Waals surface area contributed by atoms with Crippen molar-refractivity contribution in [2.75, 3.05) is 13.1 Å². The Hall–Kier alpha value is -0.860. The number of benzene rings is 1. The van der Waals surface area contributed by atoms with E-state index in [9.17, 15) is 0 Å². The lowest BCUT2D eigenvalue weighted by atomic mass is 9.90. The molecule has 3 rings (SSSR count). The van der Waals surface area contributed by atoms with Gasteiger partial charge in [0.1, 0.15) is 0 Å². The lowest BCUT2D eigenvalue weighted by Gasteiger charge is -2.22. The van der Waals surface area contributed by atoms with Gasteiger partial charge in [0.15, 0.2) is 0 Å². The third-order valence-corrected chi connectivity index (χ3v) is 4.82. The van der Waals surface area contributed by atoms with Gasteiger partial charge in [0, 0.05) is 4.70 Å². The van der Waals surface area contributed by atoms with Crippen molar-refractivity contribution in [2.24, 2.45) is 0 Å². The van der Waals surface area contributed by atoms with Crippen LogP contribution in [0.1, 0.15) is 36.8 Å². The van der Waals surface area contributed by atoms with Crippen molar-refractivity contribution in [3.8, 4) is 0 Å². The number of nitrogens with one attached hydrogen (secondary N) is 1. The zero-order valence-electron chi connectivity index (χ0n) is 10.3. The van der Waals surface area contributed by atoms with Gasteiger partial charge in [-0.3, -0.25) is 0 Å². The van der Waals surface area contributed by atoms with Gasteiger partial charge in [-0.15, -0.1) is 11.3 Å². The molecule has 0 aliphatic carbocycles. The van der Waals surface area contributed by atoms with E-state index in [0.29, 0.717) is 0 Å². The van der Waals surface area contributed by atoms with Gasteiger partial charge < -0.3 is 5.32 Å². The van der Waals surface area contributed by atoms with E-state index in [1.54, 1.807) is 5.56 Å². The van der Waals surface area contributed by atoms with Crippen LogP contribution in [0.4, 0.5) is 0 Å². The van der Waals surface area contributed by atoms with Crippen LogP contribution in [0.5, 0.6) is 0 Å². The van der Waals surface area contributed by atoms with E-state index in [-0.39, 0.29) is 0 Å². The molecule has 0 radical (unpaired) electrons. The standard InChI is InChI=1S/C15H19NS/c1-2-11-3-4-13-14(10-17-15(13)9-11)12-5-7-16-8-6-12/h3-4,9-10,12,16H,2,5-8H2,1H3. The zero-order valence-corrected chi connectivity index (χ0v) is 11.1. The number of hydrogen-bond donors (Lipinski definition) is 1. The molecule has 1 saturated heterocycles. The van der Waals surface area contributed by atoms with Crippen LogP contribution >= 0.6 is 11.3 Å². The van der Waals surface area contributed by atoms with Crippen molar-refractivity contribution >= 4 is 21.4 Å². The molecule has 90 valence electrons. The lowest BCUT2D eigenvalue weighted by Crippen LogP contribution is -2.26. The Morgan fingerprint density at radius 1 is 1.29 bits per heavy atom. The van der Waals surface area contributed by atoms with E-state index in [1.165, 1.54) is 41.6 Å². The van der Waals surface area contributed by atoms with Gasteiger partial charge in [-0.25, -0.2) is 0 Å². The zero-order chi connectivity index (χ0) is 11.7. The average Bonchev–Trinajstić information content (AvgIpc) is 2.82. The van der Waals surface area contributed by atoms with E-state index >= 15 is 0 Å². The molecule has 1 aliphatic heterocycles. The summed E-state index contributed by atoms with van der Waals surface area (Å²) in [4.78, 5) is 0. The van der Waals surface area contributed by atoms with E-state index < -0.39 is 0 Å². The number of fused-ring (bicyclic) bond motifs is 1. The fourth-order valence-electron chi connectivity index (χ4n) is 2.76. The highest BCUT2D eigenvalue weighted by molar-refractivity contribution is 7.17. The van der Waals surface area contributed by atoms with Gasteiger partial charge in [0.2, 0.25) is 0 Å². The molecule has 2 heterocycles. The van der Waals surface area contributed by atoms with Gasteiger partial charge in [0.25, 0.3) is 0 Å². The van der Waals surface area contributed by atoms with Crippen LogP contribution in [-0.4, -0.2) is 13.1 Å². The van der Waals surface area contributed by atoms with Crippen LogP contribution in [0.2, 0.25) is 0 Å². The molecule has 0 atom stereocenters. The molecule has 1 nitrogen and oxygen atoms in total. The number of aryl methyl sites for hydroxylation is 1. The second-order valence-electron chi connectivity index (χ2n) is 4.90. The van der Waals surface area contributed by atoms with Crippen molar-refractivity contribution in [3.05, 3.63) is 34.7 Å². The lowest BCUT2D eigenvalue weighted by molar-refractivity contribution is 0.463. The summed E-state index contributed by atoms with van der Waals surface area (Å²) in [5, 5.41) is 7.33. The molecule has 0 saturated carbocycles. The predicted octanol–water partition coefficient (Wildman–Crippen LogP) is 3.93.